The first-order valence-electron chi connectivity index (χ1n) is 31.6. The fraction of sp³-hybridized carbons (Fsp3) is 0.575. The Morgan fingerprint density at radius 2 is 0.494 bits per heavy atom. The molecule has 442 valence electrons. The van der Waals surface area contributed by atoms with Crippen LogP contribution in [0.1, 0.15) is 252 Å². The third-order valence-electron chi connectivity index (χ3n) is 12.7. The topological polar surface area (TPSA) is 78.9 Å². The van der Waals surface area contributed by atoms with Crippen LogP contribution in [-0.2, 0) is 28.6 Å². The first kappa shape index (κ1) is 73.8. The van der Waals surface area contributed by atoms with E-state index in [1.165, 1.54) is 51.4 Å². The molecule has 6 nitrogen and oxygen atoms in total. The van der Waals surface area contributed by atoms with E-state index in [-0.39, 0.29) is 31.1 Å². The number of rotatable bonds is 55. The minimum Gasteiger partial charge on any atom is -0.462 e. The van der Waals surface area contributed by atoms with Crippen LogP contribution in [0.3, 0.4) is 0 Å². The number of unbranched alkanes of at least 4 members (excludes halogenated alkanes) is 16. The van der Waals surface area contributed by atoms with Crippen LogP contribution in [0.25, 0.3) is 0 Å². The summed E-state index contributed by atoms with van der Waals surface area (Å²) in [5.74, 6) is -0.995. The molecular formula is C73H114O6. The average molecular weight is 1090 g/mol. The average Bonchev–Trinajstić information content (AvgIpc) is 3.45. The summed E-state index contributed by atoms with van der Waals surface area (Å²) < 4.78 is 16.8. The Morgan fingerprint density at radius 3 is 0.797 bits per heavy atom. The van der Waals surface area contributed by atoms with Crippen LogP contribution in [0.4, 0.5) is 0 Å². The van der Waals surface area contributed by atoms with E-state index in [0.29, 0.717) is 25.7 Å². The predicted octanol–water partition coefficient (Wildman–Crippen LogP) is 21.9. The van der Waals surface area contributed by atoms with Crippen molar-refractivity contribution in [3.8, 4) is 0 Å². The zero-order chi connectivity index (χ0) is 57.1. The Labute approximate surface area is 485 Å². The number of allylic oxidation sites excluding steroid dienone is 28. The standard InChI is InChI=1S/C73H114O6/c1-4-7-10-13-16-19-22-25-28-30-31-32-33-34-35-36-37-38-39-40-41-43-45-48-51-54-57-60-63-66-72(75)78-69-70(68-77-71(74)65-62-59-56-53-50-47-44-27-24-21-18-15-12-9-6-3)79-73(76)67-64-61-58-55-52-49-46-42-29-26-23-20-17-14-11-8-5-2/h7,9-10,12,16-21,25-29,31-32,34-35,37-38,40-41,44-45,48,50,53,70H,4-6,8,11,13-15,22-24,30,33,36,39,42-43,46-47,49,51-52,54-69H2,1-3H3/b10-7-,12-9-,19-16-,20-17-,21-18-,28-25-,29-26-,32-31-,35-34-,38-37-,41-40-,44-27-,48-45-,53-50-. The lowest BCUT2D eigenvalue weighted by Crippen LogP contribution is -2.30. The molecule has 0 spiro atoms. The highest BCUT2D eigenvalue weighted by Gasteiger charge is 2.19. The van der Waals surface area contributed by atoms with Crippen molar-refractivity contribution in [2.45, 2.75) is 258 Å². The fourth-order valence-electron chi connectivity index (χ4n) is 8.01. The van der Waals surface area contributed by atoms with Gasteiger partial charge in [0.05, 0.1) is 0 Å². The molecule has 0 fully saturated rings. The molecule has 1 unspecified atom stereocenters. The fourth-order valence-corrected chi connectivity index (χ4v) is 8.01. The number of hydrogen-bond donors (Lipinski definition) is 0. The quantitative estimate of drug-likeness (QED) is 0.0261. The van der Waals surface area contributed by atoms with Gasteiger partial charge in [-0.3, -0.25) is 14.4 Å². The smallest absolute Gasteiger partial charge is 0.306 e. The van der Waals surface area contributed by atoms with Gasteiger partial charge in [-0.15, -0.1) is 0 Å². The van der Waals surface area contributed by atoms with Gasteiger partial charge in [-0.25, -0.2) is 0 Å². The van der Waals surface area contributed by atoms with E-state index in [1.54, 1.807) is 0 Å². The molecule has 0 aromatic carbocycles. The summed E-state index contributed by atoms with van der Waals surface area (Å²) >= 11 is 0. The van der Waals surface area contributed by atoms with E-state index in [4.69, 9.17) is 14.2 Å². The van der Waals surface area contributed by atoms with Crippen molar-refractivity contribution in [2.24, 2.45) is 0 Å². The first-order chi connectivity index (χ1) is 39.0. The summed E-state index contributed by atoms with van der Waals surface area (Å²) in [5, 5.41) is 0. The summed E-state index contributed by atoms with van der Waals surface area (Å²) in [7, 11) is 0. The van der Waals surface area contributed by atoms with Gasteiger partial charge >= 0.3 is 17.9 Å². The van der Waals surface area contributed by atoms with Crippen molar-refractivity contribution in [1.82, 2.24) is 0 Å². The van der Waals surface area contributed by atoms with Crippen molar-refractivity contribution in [3.63, 3.8) is 0 Å². The van der Waals surface area contributed by atoms with Gasteiger partial charge in [0, 0.05) is 19.3 Å². The van der Waals surface area contributed by atoms with E-state index in [2.05, 4.69) is 191 Å². The number of esters is 3. The Hall–Kier alpha value is -5.23. The molecule has 79 heavy (non-hydrogen) atoms. The predicted molar refractivity (Wildman–Crippen MR) is 343 cm³/mol. The molecule has 0 bridgehead atoms. The molecule has 0 aliphatic rings. The van der Waals surface area contributed by atoms with E-state index in [1.807, 2.05) is 0 Å². The molecule has 0 aliphatic heterocycles. The lowest BCUT2D eigenvalue weighted by Gasteiger charge is -2.18. The molecule has 0 aromatic heterocycles. The highest BCUT2D eigenvalue weighted by Crippen LogP contribution is 2.13. The van der Waals surface area contributed by atoms with E-state index in [9.17, 15) is 14.4 Å². The Kier molecular flexibility index (Phi) is 61.0. The molecule has 0 heterocycles. The highest BCUT2D eigenvalue weighted by atomic mass is 16.6. The van der Waals surface area contributed by atoms with E-state index >= 15 is 0 Å². The highest BCUT2D eigenvalue weighted by molar-refractivity contribution is 5.71. The lowest BCUT2D eigenvalue weighted by atomic mass is 10.1. The Bertz CT molecular complexity index is 1820. The summed E-state index contributed by atoms with van der Waals surface area (Å²) in [6, 6.07) is 0. The molecule has 0 rings (SSSR count). The molecule has 6 heteroatoms. The van der Waals surface area contributed by atoms with E-state index in [0.717, 1.165) is 154 Å². The van der Waals surface area contributed by atoms with Crippen molar-refractivity contribution in [1.29, 1.82) is 0 Å². The summed E-state index contributed by atoms with van der Waals surface area (Å²) in [4.78, 5) is 38.3. The lowest BCUT2D eigenvalue weighted by molar-refractivity contribution is -0.167. The molecule has 0 aromatic rings. The second kappa shape index (κ2) is 65.3. The van der Waals surface area contributed by atoms with E-state index < -0.39 is 6.10 Å². The van der Waals surface area contributed by atoms with Crippen molar-refractivity contribution in [3.05, 3.63) is 170 Å². The molecule has 0 radical (unpaired) electrons. The first-order valence-corrected chi connectivity index (χ1v) is 31.6. The molecular weight excluding hydrogens is 973 g/mol. The van der Waals surface area contributed by atoms with Gasteiger partial charge in [0.1, 0.15) is 13.2 Å². The van der Waals surface area contributed by atoms with Crippen molar-refractivity contribution in [2.75, 3.05) is 13.2 Å². The maximum atomic E-state index is 12.9. The maximum Gasteiger partial charge on any atom is 0.306 e. The third-order valence-corrected chi connectivity index (χ3v) is 12.7. The Balaban J connectivity index is 4.47. The van der Waals surface area contributed by atoms with Crippen molar-refractivity contribution < 1.29 is 28.6 Å². The summed E-state index contributed by atoms with van der Waals surface area (Å²) in [5.41, 5.74) is 0. The van der Waals surface area contributed by atoms with Gasteiger partial charge in [0.25, 0.3) is 0 Å². The van der Waals surface area contributed by atoms with Crippen LogP contribution in [0, 0.1) is 0 Å². The van der Waals surface area contributed by atoms with Gasteiger partial charge in [0.15, 0.2) is 6.10 Å². The molecule has 0 aliphatic carbocycles. The summed E-state index contributed by atoms with van der Waals surface area (Å²) in [6.07, 6.45) is 96.4. The minimum absolute atomic E-state index is 0.116. The van der Waals surface area contributed by atoms with Gasteiger partial charge in [-0.1, -0.05) is 249 Å². The zero-order valence-corrected chi connectivity index (χ0v) is 50.6. The van der Waals surface area contributed by atoms with Gasteiger partial charge < -0.3 is 14.2 Å². The number of hydrogen-bond acceptors (Lipinski definition) is 6. The van der Waals surface area contributed by atoms with Gasteiger partial charge in [-0.2, -0.15) is 0 Å². The zero-order valence-electron chi connectivity index (χ0n) is 50.6. The number of carbonyl (C=O) groups excluding carboxylic acids is 3. The molecule has 0 saturated heterocycles. The monoisotopic (exact) mass is 1090 g/mol. The SMILES string of the molecule is CC/C=C\C/C=C\C/C=C\C/C=C\C/C=C\C/C=C\C/C=C\C/C=C\CCCCCCC(=O)OCC(COC(=O)CCCC/C=C\C/C=C\C/C=C\C/C=C\CC)OC(=O)CCCCCCCCC/C=C\C/C=C\CCCCC. The van der Waals surface area contributed by atoms with Crippen LogP contribution in [0.5, 0.6) is 0 Å². The second-order valence-corrected chi connectivity index (χ2v) is 20.2. The van der Waals surface area contributed by atoms with Crippen LogP contribution in [0.2, 0.25) is 0 Å². The largest absolute Gasteiger partial charge is 0.462 e. The van der Waals surface area contributed by atoms with Crippen LogP contribution >= 0.6 is 0 Å². The Morgan fingerprint density at radius 1 is 0.266 bits per heavy atom. The normalized spacial score (nSPS) is 13.3. The second-order valence-electron chi connectivity index (χ2n) is 20.2. The van der Waals surface area contributed by atoms with Crippen LogP contribution in [-0.4, -0.2) is 37.2 Å². The van der Waals surface area contributed by atoms with Crippen LogP contribution < -0.4 is 0 Å². The van der Waals surface area contributed by atoms with Crippen LogP contribution in [0.15, 0.2) is 170 Å². The molecule has 0 saturated carbocycles. The minimum atomic E-state index is -0.820. The number of ether oxygens (including phenoxy) is 3. The molecule has 0 N–H and O–H groups in total. The summed E-state index contributed by atoms with van der Waals surface area (Å²) in [6.45, 7) is 6.31. The third kappa shape index (κ3) is 63.5. The van der Waals surface area contributed by atoms with Gasteiger partial charge in [0.2, 0.25) is 0 Å². The maximum absolute atomic E-state index is 12.9. The van der Waals surface area contributed by atoms with Gasteiger partial charge in [-0.05, 0) is 154 Å². The number of carbonyl (C=O) groups is 3. The molecule has 0 amide bonds. The molecule has 1 atom stereocenters. The van der Waals surface area contributed by atoms with Crippen molar-refractivity contribution >= 4 is 17.9 Å².